The van der Waals surface area contributed by atoms with Crippen LogP contribution in [0.1, 0.15) is 48.0 Å². The van der Waals surface area contributed by atoms with Crippen LogP contribution in [0.4, 0.5) is 0 Å². The summed E-state index contributed by atoms with van der Waals surface area (Å²) in [4.78, 5) is 0. The molecule has 2 aromatic carbocycles. The third-order valence-corrected chi connectivity index (χ3v) is 9.74. The van der Waals surface area contributed by atoms with Crippen LogP contribution >= 0.6 is 0 Å². The molecule has 136 valence electrons. The van der Waals surface area contributed by atoms with E-state index in [0.717, 1.165) is 0 Å². The summed E-state index contributed by atoms with van der Waals surface area (Å²) in [7, 11) is -2.52. The van der Waals surface area contributed by atoms with Crippen LogP contribution < -0.4 is 10.4 Å². The van der Waals surface area contributed by atoms with Gasteiger partial charge in [0.1, 0.15) is 0 Å². The molecule has 1 unspecified atom stereocenters. The smallest absolute Gasteiger partial charge is 0.261 e. The second-order valence-electron chi connectivity index (χ2n) is 8.61. The maximum Gasteiger partial charge on any atom is 0.261 e. The summed E-state index contributed by atoms with van der Waals surface area (Å²) in [5.74, 6) is 0. The lowest BCUT2D eigenvalue weighted by molar-refractivity contribution is 0.0295. The number of hydrogen-bond donors (Lipinski definition) is 1. The fraction of sp³-hybridized carbons (Fsp3) is 0.455. The van der Waals surface area contributed by atoms with E-state index in [1.807, 2.05) is 13.8 Å². The highest BCUT2D eigenvalue weighted by Crippen LogP contribution is 2.38. The first-order valence-electron chi connectivity index (χ1n) is 9.07. The Morgan fingerprint density at radius 1 is 0.840 bits per heavy atom. The van der Waals surface area contributed by atoms with E-state index in [0.29, 0.717) is 6.42 Å². The predicted octanol–water partition coefficient (Wildman–Crippen LogP) is 4.11. The Labute approximate surface area is 154 Å². The Bertz CT molecular complexity index is 614. The molecule has 0 saturated heterocycles. The van der Waals surface area contributed by atoms with Gasteiger partial charge in [0, 0.05) is 12.5 Å². The molecule has 25 heavy (non-hydrogen) atoms. The van der Waals surface area contributed by atoms with Crippen LogP contribution in [0.2, 0.25) is 5.04 Å². The monoisotopic (exact) mass is 356 g/mol. The van der Waals surface area contributed by atoms with Crippen LogP contribution in [-0.2, 0) is 4.43 Å². The lowest BCUT2D eigenvalue weighted by atomic mass is 10.0. The quantitative estimate of drug-likeness (QED) is 0.789. The van der Waals surface area contributed by atoms with Crippen molar-refractivity contribution in [1.29, 1.82) is 0 Å². The van der Waals surface area contributed by atoms with Crippen molar-refractivity contribution in [3.05, 3.63) is 60.7 Å². The first kappa shape index (κ1) is 19.9. The van der Waals surface area contributed by atoms with Crippen LogP contribution in [0.5, 0.6) is 0 Å². The number of hydrogen-bond acceptors (Lipinski definition) is 2. The van der Waals surface area contributed by atoms with E-state index in [4.69, 9.17) is 4.43 Å². The summed E-state index contributed by atoms with van der Waals surface area (Å²) in [6.07, 6.45) is 0.573. The van der Waals surface area contributed by atoms with E-state index in [9.17, 15) is 5.11 Å². The summed E-state index contributed by atoms with van der Waals surface area (Å²) in [5.41, 5.74) is -0.745. The van der Waals surface area contributed by atoms with Gasteiger partial charge in [0.05, 0.1) is 5.60 Å². The van der Waals surface area contributed by atoms with E-state index in [1.54, 1.807) is 0 Å². The maximum atomic E-state index is 10.3. The number of aliphatic hydroxyl groups is 1. The second-order valence-corrected chi connectivity index (χ2v) is 12.9. The van der Waals surface area contributed by atoms with Gasteiger partial charge in [0.15, 0.2) is 0 Å². The van der Waals surface area contributed by atoms with Crippen molar-refractivity contribution in [2.45, 2.75) is 64.7 Å². The van der Waals surface area contributed by atoms with E-state index < -0.39 is 13.9 Å². The molecule has 0 radical (unpaired) electrons. The van der Waals surface area contributed by atoms with Crippen molar-refractivity contribution in [3.63, 3.8) is 0 Å². The highest BCUT2D eigenvalue weighted by atomic mass is 28.4. The Kier molecular flexibility index (Phi) is 5.92. The Balaban J connectivity index is 2.61. The van der Waals surface area contributed by atoms with Crippen LogP contribution in [0.25, 0.3) is 0 Å². The molecule has 2 aromatic rings. The molecule has 0 aliphatic rings. The van der Waals surface area contributed by atoms with Crippen molar-refractivity contribution in [2.75, 3.05) is 0 Å². The van der Waals surface area contributed by atoms with E-state index >= 15 is 0 Å². The van der Waals surface area contributed by atoms with E-state index in [2.05, 4.69) is 88.4 Å². The fourth-order valence-corrected chi connectivity index (χ4v) is 8.44. The van der Waals surface area contributed by atoms with E-state index in [1.165, 1.54) is 10.4 Å². The Morgan fingerprint density at radius 3 is 1.56 bits per heavy atom. The topological polar surface area (TPSA) is 29.5 Å². The molecule has 0 aliphatic carbocycles. The van der Waals surface area contributed by atoms with Gasteiger partial charge >= 0.3 is 0 Å². The SMILES string of the molecule is CC(CC(C)(C)O)O[Si](c1ccccc1)(c1ccccc1)C(C)(C)C. The minimum Gasteiger partial charge on any atom is -0.405 e. The minimum atomic E-state index is -2.52. The summed E-state index contributed by atoms with van der Waals surface area (Å²) >= 11 is 0. The molecule has 0 spiro atoms. The van der Waals surface area contributed by atoms with Gasteiger partial charge in [0.2, 0.25) is 0 Å². The van der Waals surface area contributed by atoms with Crippen molar-refractivity contribution in [1.82, 2.24) is 0 Å². The second kappa shape index (κ2) is 7.44. The van der Waals surface area contributed by atoms with Gasteiger partial charge in [-0.05, 0) is 36.2 Å². The highest BCUT2D eigenvalue weighted by molar-refractivity contribution is 6.99. The van der Waals surface area contributed by atoms with Gasteiger partial charge in [-0.25, -0.2) is 0 Å². The predicted molar refractivity (Wildman–Crippen MR) is 109 cm³/mol. The van der Waals surface area contributed by atoms with Gasteiger partial charge in [-0.3, -0.25) is 0 Å². The molecule has 2 rings (SSSR count). The summed E-state index contributed by atoms with van der Waals surface area (Å²) < 4.78 is 6.93. The van der Waals surface area contributed by atoms with Gasteiger partial charge < -0.3 is 9.53 Å². The van der Waals surface area contributed by atoms with Crippen molar-refractivity contribution in [3.8, 4) is 0 Å². The normalized spacial score (nSPS) is 14.4. The first-order chi connectivity index (χ1) is 11.6. The highest BCUT2D eigenvalue weighted by Gasteiger charge is 2.51. The average Bonchev–Trinajstić information content (AvgIpc) is 2.51. The largest absolute Gasteiger partial charge is 0.405 e. The zero-order valence-corrected chi connectivity index (χ0v) is 17.4. The molecule has 0 aromatic heterocycles. The first-order valence-corrected chi connectivity index (χ1v) is 11.0. The van der Waals surface area contributed by atoms with Crippen molar-refractivity contribution in [2.24, 2.45) is 0 Å². The summed E-state index contributed by atoms with van der Waals surface area (Å²) in [6, 6.07) is 21.3. The molecule has 1 N–H and O–H groups in total. The molecular formula is C22H32O2Si. The Morgan fingerprint density at radius 2 is 1.24 bits per heavy atom. The third kappa shape index (κ3) is 4.60. The van der Waals surface area contributed by atoms with Crippen molar-refractivity contribution < 1.29 is 9.53 Å². The van der Waals surface area contributed by atoms with Crippen molar-refractivity contribution >= 4 is 18.7 Å². The molecule has 0 fully saturated rings. The fourth-order valence-electron chi connectivity index (χ4n) is 3.74. The lowest BCUT2D eigenvalue weighted by Gasteiger charge is -2.45. The third-order valence-electron chi connectivity index (χ3n) is 4.58. The average molecular weight is 357 g/mol. The van der Waals surface area contributed by atoms with Gasteiger partial charge in [0.25, 0.3) is 8.32 Å². The minimum absolute atomic E-state index is 0.0358. The maximum absolute atomic E-state index is 10.3. The van der Waals surface area contributed by atoms with Gasteiger partial charge in [-0.15, -0.1) is 0 Å². The molecular weight excluding hydrogens is 324 g/mol. The van der Waals surface area contributed by atoms with Gasteiger partial charge in [-0.1, -0.05) is 81.4 Å². The van der Waals surface area contributed by atoms with Crippen LogP contribution in [0, 0.1) is 0 Å². The molecule has 3 heteroatoms. The van der Waals surface area contributed by atoms with Gasteiger partial charge in [-0.2, -0.15) is 0 Å². The van der Waals surface area contributed by atoms with Crippen LogP contribution in [0.15, 0.2) is 60.7 Å². The molecule has 0 aliphatic heterocycles. The molecule has 0 heterocycles. The van der Waals surface area contributed by atoms with E-state index in [-0.39, 0.29) is 11.1 Å². The van der Waals surface area contributed by atoms with Crippen LogP contribution in [0.3, 0.4) is 0 Å². The zero-order chi connectivity index (χ0) is 18.7. The molecule has 1 atom stereocenters. The molecule has 0 bridgehead atoms. The zero-order valence-electron chi connectivity index (χ0n) is 16.4. The molecule has 0 amide bonds. The lowest BCUT2D eigenvalue weighted by Crippen LogP contribution is -2.67. The Hall–Kier alpha value is -1.42. The standard InChI is InChI=1S/C22H32O2Si/c1-18(17-22(5,6)23)24-25(21(2,3)4,19-13-9-7-10-14-19)20-15-11-8-12-16-20/h7-16,18,23H,17H2,1-6H3. The molecule has 0 saturated carbocycles. The molecule has 2 nitrogen and oxygen atoms in total. The van der Waals surface area contributed by atoms with Crippen LogP contribution in [-0.4, -0.2) is 25.1 Å². The summed E-state index contributed by atoms with van der Waals surface area (Å²) in [5, 5.41) is 12.8. The number of benzene rings is 2. The number of rotatable bonds is 6. The summed E-state index contributed by atoms with van der Waals surface area (Å²) in [6.45, 7) is 12.6.